The molecule has 0 bridgehead atoms. The van der Waals surface area contributed by atoms with Gasteiger partial charge in [-0.2, -0.15) is 0 Å². The molecule has 8 heteroatoms. The number of aryl methyl sites for hydroxylation is 1. The predicted molar refractivity (Wildman–Crippen MR) is 126 cm³/mol. The molecule has 2 aliphatic rings. The van der Waals surface area contributed by atoms with E-state index >= 15 is 0 Å². The summed E-state index contributed by atoms with van der Waals surface area (Å²) in [6.07, 6.45) is 2.25. The molecular formula is C24H32N6O2. The fourth-order valence-corrected chi connectivity index (χ4v) is 4.31. The first-order valence-electron chi connectivity index (χ1n) is 11.2. The van der Waals surface area contributed by atoms with Crippen molar-refractivity contribution in [2.75, 3.05) is 45.2 Å². The molecule has 2 aliphatic heterocycles. The van der Waals surface area contributed by atoms with E-state index in [9.17, 15) is 4.79 Å². The van der Waals surface area contributed by atoms with Crippen molar-refractivity contribution >= 4 is 17.7 Å². The van der Waals surface area contributed by atoms with Crippen LogP contribution in [0, 0.1) is 6.92 Å². The molecule has 0 radical (unpaired) electrons. The molecule has 2 aromatic rings. The van der Waals surface area contributed by atoms with Gasteiger partial charge in [0.25, 0.3) is 0 Å². The Labute approximate surface area is 189 Å². The van der Waals surface area contributed by atoms with Crippen LogP contribution in [0.4, 0.5) is 5.82 Å². The molecule has 2 fully saturated rings. The molecule has 1 amide bonds. The monoisotopic (exact) mass is 436 g/mol. The van der Waals surface area contributed by atoms with Crippen molar-refractivity contribution in [1.82, 2.24) is 20.1 Å². The van der Waals surface area contributed by atoms with E-state index in [1.807, 2.05) is 19.1 Å². The molecule has 3 heterocycles. The number of nitrogens with one attached hydrogen (secondary N) is 2. The number of guanidine groups is 1. The number of morpholine rings is 1. The van der Waals surface area contributed by atoms with Crippen molar-refractivity contribution in [2.45, 2.75) is 32.0 Å². The standard InChI is InChI=1S/C24H32N6O2/c1-18-8-9-22(27-14-18)28-23(31)10-11-26-24(25-2)30-16-20-21(17-30)32-13-12-29(20)15-19-6-4-3-5-7-19/h3-9,14,20-21H,10-13,15-17H2,1-2H3,(H,25,26)(H,27,28,31). The van der Waals surface area contributed by atoms with Crippen molar-refractivity contribution in [2.24, 2.45) is 4.99 Å². The number of nitrogens with zero attached hydrogens (tertiary/aromatic N) is 4. The van der Waals surface area contributed by atoms with Gasteiger partial charge in [-0.05, 0) is 24.1 Å². The lowest BCUT2D eigenvalue weighted by Gasteiger charge is -2.36. The average Bonchev–Trinajstić information content (AvgIpc) is 3.24. The number of carbonyl (C=O) groups excluding carboxylic acids is 1. The molecule has 0 aliphatic carbocycles. The van der Waals surface area contributed by atoms with E-state index in [0.717, 1.165) is 44.3 Å². The van der Waals surface area contributed by atoms with Crippen LogP contribution >= 0.6 is 0 Å². The van der Waals surface area contributed by atoms with Gasteiger partial charge in [0.1, 0.15) is 5.82 Å². The van der Waals surface area contributed by atoms with Crippen molar-refractivity contribution in [3.05, 3.63) is 59.8 Å². The summed E-state index contributed by atoms with van der Waals surface area (Å²) >= 11 is 0. The van der Waals surface area contributed by atoms with E-state index in [1.54, 1.807) is 13.2 Å². The van der Waals surface area contributed by atoms with Crippen molar-refractivity contribution in [3.8, 4) is 0 Å². The molecule has 1 aromatic heterocycles. The van der Waals surface area contributed by atoms with Gasteiger partial charge < -0.3 is 20.3 Å². The molecule has 0 spiro atoms. The van der Waals surface area contributed by atoms with Crippen LogP contribution in [0.1, 0.15) is 17.5 Å². The van der Waals surface area contributed by atoms with Gasteiger partial charge in [-0.25, -0.2) is 4.98 Å². The topological polar surface area (TPSA) is 82.1 Å². The summed E-state index contributed by atoms with van der Waals surface area (Å²) in [5.74, 6) is 1.31. The minimum Gasteiger partial charge on any atom is -0.373 e. The second-order valence-electron chi connectivity index (χ2n) is 8.33. The van der Waals surface area contributed by atoms with Crippen LogP contribution < -0.4 is 10.6 Å². The third-order valence-electron chi connectivity index (χ3n) is 5.97. The lowest BCUT2D eigenvalue weighted by Crippen LogP contribution is -2.50. The number of hydrogen-bond acceptors (Lipinski definition) is 5. The summed E-state index contributed by atoms with van der Waals surface area (Å²) in [5.41, 5.74) is 2.38. The highest BCUT2D eigenvalue weighted by molar-refractivity contribution is 5.90. The Hall–Kier alpha value is -2.97. The van der Waals surface area contributed by atoms with Crippen LogP contribution in [-0.4, -0.2) is 78.6 Å². The van der Waals surface area contributed by atoms with Gasteiger partial charge in [-0.15, -0.1) is 0 Å². The molecule has 2 unspecified atom stereocenters. The second-order valence-corrected chi connectivity index (χ2v) is 8.33. The normalized spacial score (nSPS) is 21.3. The number of anilines is 1. The highest BCUT2D eigenvalue weighted by Crippen LogP contribution is 2.24. The quantitative estimate of drug-likeness (QED) is 0.532. The summed E-state index contributed by atoms with van der Waals surface area (Å²) in [4.78, 5) is 25.6. The number of carbonyl (C=O) groups is 1. The van der Waals surface area contributed by atoms with E-state index in [4.69, 9.17) is 4.74 Å². The molecule has 2 saturated heterocycles. The largest absolute Gasteiger partial charge is 0.373 e. The van der Waals surface area contributed by atoms with Gasteiger partial charge in [-0.1, -0.05) is 36.4 Å². The highest BCUT2D eigenvalue weighted by Gasteiger charge is 2.41. The van der Waals surface area contributed by atoms with E-state index < -0.39 is 0 Å². The smallest absolute Gasteiger partial charge is 0.227 e. The second kappa shape index (κ2) is 10.6. The first kappa shape index (κ1) is 22.2. The minimum absolute atomic E-state index is 0.0724. The fraction of sp³-hybridized carbons (Fsp3) is 0.458. The number of likely N-dealkylation sites (tertiary alicyclic amines) is 1. The molecule has 4 rings (SSSR count). The van der Waals surface area contributed by atoms with Crippen LogP contribution in [0.3, 0.4) is 0 Å². The molecule has 2 N–H and O–H groups in total. The van der Waals surface area contributed by atoms with E-state index in [-0.39, 0.29) is 12.0 Å². The maximum Gasteiger partial charge on any atom is 0.227 e. The number of aromatic nitrogens is 1. The van der Waals surface area contributed by atoms with Crippen LogP contribution in [0.2, 0.25) is 0 Å². The van der Waals surface area contributed by atoms with Gasteiger partial charge in [0.15, 0.2) is 5.96 Å². The van der Waals surface area contributed by atoms with Crippen LogP contribution in [0.5, 0.6) is 0 Å². The lowest BCUT2D eigenvalue weighted by atomic mass is 10.1. The van der Waals surface area contributed by atoms with Crippen LogP contribution in [0.25, 0.3) is 0 Å². The Morgan fingerprint density at radius 3 is 2.81 bits per heavy atom. The molecule has 2 atom stereocenters. The predicted octanol–water partition coefficient (Wildman–Crippen LogP) is 1.88. The highest BCUT2D eigenvalue weighted by atomic mass is 16.5. The molecule has 1 aromatic carbocycles. The third-order valence-corrected chi connectivity index (χ3v) is 5.97. The maximum atomic E-state index is 12.2. The zero-order valence-electron chi connectivity index (χ0n) is 18.8. The summed E-state index contributed by atoms with van der Waals surface area (Å²) < 4.78 is 6.08. The Morgan fingerprint density at radius 2 is 2.06 bits per heavy atom. The average molecular weight is 437 g/mol. The Kier molecular flexibility index (Phi) is 7.34. The van der Waals surface area contributed by atoms with Crippen molar-refractivity contribution in [1.29, 1.82) is 0 Å². The van der Waals surface area contributed by atoms with E-state index in [2.05, 4.69) is 60.7 Å². The van der Waals surface area contributed by atoms with Gasteiger partial charge in [-0.3, -0.25) is 14.7 Å². The molecule has 0 saturated carbocycles. The fourth-order valence-electron chi connectivity index (χ4n) is 4.31. The first-order chi connectivity index (χ1) is 15.6. The number of benzene rings is 1. The molecular weight excluding hydrogens is 404 g/mol. The van der Waals surface area contributed by atoms with Crippen molar-refractivity contribution < 1.29 is 9.53 Å². The van der Waals surface area contributed by atoms with E-state index in [0.29, 0.717) is 24.8 Å². The van der Waals surface area contributed by atoms with Crippen molar-refractivity contribution in [3.63, 3.8) is 0 Å². The number of rotatable bonds is 6. The summed E-state index contributed by atoms with van der Waals surface area (Å²) in [7, 11) is 1.78. The molecule has 170 valence electrons. The zero-order valence-corrected chi connectivity index (χ0v) is 18.8. The number of hydrogen-bond donors (Lipinski definition) is 2. The number of pyridine rings is 1. The minimum atomic E-state index is -0.0724. The zero-order chi connectivity index (χ0) is 22.3. The number of ether oxygens (including phenoxy) is 1. The summed E-state index contributed by atoms with van der Waals surface area (Å²) in [5, 5.41) is 6.16. The SMILES string of the molecule is CN=C(NCCC(=O)Nc1ccc(C)cn1)N1CC2OCCN(Cc3ccccc3)C2C1. The van der Waals surface area contributed by atoms with Gasteiger partial charge in [0, 0.05) is 52.4 Å². The number of fused-ring (bicyclic) bond motifs is 1. The number of aliphatic imine (C=N–C) groups is 1. The summed E-state index contributed by atoms with van der Waals surface area (Å²) in [6.45, 7) is 6.74. The van der Waals surface area contributed by atoms with Crippen LogP contribution in [-0.2, 0) is 16.1 Å². The van der Waals surface area contributed by atoms with Crippen LogP contribution in [0.15, 0.2) is 53.7 Å². The Morgan fingerprint density at radius 1 is 1.22 bits per heavy atom. The molecule has 32 heavy (non-hydrogen) atoms. The summed E-state index contributed by atoms with van der Waals surface area (Å²) in [6, 6.07) is 14.7. The Bertz CT molecular complexity index is 918. The Balaban J connectivity index is 1.27. The third kappa shape index (κ3) is 5.63. The lowest BCUT2D eigenvalue weighted by molar-refractivity contribution is -0.116. The maximum absolute atomic E-state index is 12.2. The molecule has 8 nitrogen and oxygen atoms in total. The van der Waals surface area contributed by atoms with E-state index in [1.165, 1.54) is 5.56 Å². The van der Waals surface area contributed by atoms with Gasteiger partial charge >= 0.3 is 0 Å². The number of amides is 1. The van der Waals surface area contributed by atoms with Gasteiger partial charge in [0.05, 0.1) is 18.8 Å². The van der Waals surface area contributed by atoms with Gasteiger partial charge in [0.2, 0.25) is 5.91 Å². The first-order valence-corrected chi connectivity index (χ1v) is 11.2.